The normalized spacial score (nSPS) is 15.4. The number of carbonyl (C=O) groups is 3. The molecule has 1 aromatic carbocycles. The molecule has 1 fully saturated rings. The Balaban J connectivity index is 0.000000537. The van der Waals surface area contributed by atoms with Gasteiger partial charge in [0, 0.05) is 31.4 Å². The molecule has 156 valence electrons. The predicted octanol–water partition coefficient (Wildman–Crippen LogP) is 3.04. The van der Waals surface area contributed by atoms with E-state index in [0.29, 0.717) is 13.1 Å². The maximum Gasteiger partial charge on any atom is 0.414 e. The Morgan fingerprint density at radius 1 is 1.21 bits per heavy atom. The van der Waals surface area contributed by atoms with Crippen LogP contribution in [-0.4, -0.2) is 46.8 Å². The summed E-state index contributed by atoms with van der Waals surface area (Å²) >= 11 is 0. The van der Waals surface area contributed by atoms with Gasteiger partial charge in [0.15, 0.2) is 0 Å². The SMILES string of the molecule is CC(=O)NC[C@H]1CN(c2cc(C)c(-n3cccc3)c(C)c2)C(=O)O1.CCC(=O)O. The van der Waals surface area contributed by atoms with Gasteiger partial charge < -0.3 is 19.7 Å². The van der Waals surface area contributed by atoms with E-state index >= 15 is 0 Å². The zero-order valence-corrected chi connectivity index (χ0v) is 17.1. The zero-order chi connectivity index (χ0) is 21.6. The first-order valence-electron chi connectivity index (χ1n) is 9.41. The fourth-order valence-corrected chi connectivity index (χ4v) is 3.08. The van der Waals surface area contributed by atoms with Crippen LogP contribution in [0.4, 0.5) is 10.5 Å². The molecule has 1 atom stereocenters. The molecule has 0 radical (unpaired) electrons. The Labute approximate surface area is 170 Å². The van der Waals surface area contributed by atoms with E-state index in [1.165, 1.54) is 6.92 Å². The third kappa shape index (κ3) is 5.84. The van der Waals surface area contributed by atoms with Crippen LogP contribution in [0, 0.1) is 13.8 Å². The predicted molar refractivity (Wildman–Crippen MR) is 109 cm³/mol. The van der Waals surface area contributed by atoms with Gasteiger partial charge >= 0.3 is 12.1 Å². The number of aliphatic carboxylic acids is 1. The minimum atomic E-state index is -0.745. The second kappa shape index (κ2) is 9.77. The van der Waals surface area contributed by atoms with E-state index in [9.17, 15) is 14.4 Å². The van der Waals surface area contributed by atoms with Crippen LogP contribution in [0.1, 0.15) is 31.4 Å². The molecule has 1 aromatic heterocycles. The molecule has 29 heavy (non-hydrogen) atoms. The van der Waals surface area contributed by atoms with Crippen molar-refractivity contribution in [1.29, 1.82) is 0 Å². The molecule has 2 amide bonds. The van der Waals surface area contributed by atoms with Crippen molar-refractivity contribution in [1.82, 2.24) is 9.88 Å². The highest BCUT2D eigenvalue weighted by molar-refractivity contribution is 5.90. The number of nitrogens with zero attached hydrogens (tertiary/aromatic N) is 2. The van der Waals surface area contributed by atoms with Crippen LogP contribution in [0.15, 0.2) is 36.7 Å². The number of aromatic nitrogens is 1. The Bertz CT molecular complexity index is 853. The maximum atomic E-state index is 12.2. The van der Waals surface area contributed by atoms with Crippen molar-refractivity contribution in [3.8, 4) is 5.69 Å². The molecule has 0 unspecified atom stereocenters. The van der Waals surface area contributed by atoms with Gasteiger partial charge in [-0.2, -0.15) is 0 Å². The van der Waals surface area contributed by atoms with Crippen LogP contribution in [-0.2, 0) is 14.3 Å². The topological polar surface area (TPSA) is 101 Å². The number of rotatable bonds is 5. The Kier molecular flexibility index (Phi) is 7.41. The molecule has 8 heteroatoms. The van der Waals surface area contributed by atoms with Crippen molar-refractivity contribution in [3.63, 3.8) is 0 Å². The van der Waals surface area contributed by atoms with E-state index < -0.39 is 5.97 Å². The lowest BCUT2D eigenvalue weighted by Crippen LogP contribution is -2.33. The molecule has 1 aliphatic heterocycles. The van der Waals surface area contributed by atoms with Gasteiger partial charge in [-0.05, 0) is 49.2 Å². The number of amides is 2. The molecule has 2 aromatic rings. The largest absolute Gasteiger partial charge is 0.481 e. The lowest BCUT2D eigenvalue weighted by Gasteiger charge is -2.18. The van der Waals surface area contributed by atoms with E-state index in [1.54, 1.807) is 11.8 Å². The molecular weight excluding hydrogens is 374 g/mol. The number of cyclic esters (lactones) is 1. The molecule has 1 saturated heterocycles. The summed E-state index contributed by atoms with van der Waals surface area (Å²) in [4.78, 5) is 34.1. The molecular formula is C21H27N3O5. The monoisotopic (exact) mass is 401 g/mol. The van der Waals surface area contributed by atoms with Gasteiger partial charge in [0.05, 0.1) is 18.8 Å². The summed E-state index contributed by atoms with van der Waals surface area (Å²) in [6.45, 7) is 7.87. The number of nitrogens with one attached hydrogen (secondary N) is 1. The zero-order valence-electron chi connectivity index (χ0n) is 17.1. The van der Waals surface area contributed by atoms with Crippen molar-refractivity contribution in [3.05, 3.63) is 47.8 Å². The summed E-state index contributed by atoms with van der Waals surface area (Å²) in [5.41, 5.74) is 4.10. The van der Waals surface area contributed by atoms with E-state index in [0.717, 1.165) is 22.5 Å². The number of ether oxygens (including phenoxy) is 1. The van der Waals surface area contributed by atoms with Crippen molar-refractivity contribution < 1.29 is 24.2 Å². The molecule has 1 aliphatic rings. The molecule has 2 heterocycles. The molecule has 0 spiro atoms. The number of aryl methyl sites for hydroxylation is 2. The summed E-state index contributed by atoms with van der Waals surface area (Å²) in [6, 6.07) is 7.95. The minimum absolute atomic E-state index is 0.132. The van der Waals surface area contributed by atoms with E-state index in [-0.39, 0.29) is 24.5 Å². The number of benzene rings is 1. The van der Waals surface area contributed by atoms with Gasteiger partial charge in [-0.25, -0.2) is 4.79 Å². The smallest absolute Gasteiger partial charge is 0.414 e. The quantitative estimate of drug-likeness (QED) is 0.802. The van der Waals surface area contributed by atoms with Gasteiger partial charge in [0.2, 0.25) is 5.91 Å². The third-order valence-electron chi connectivity index (χ3n) is 4.41. The van der Waals surface area contributed by atoms with Crippen LogP contribution in [0.25, 0.3) is 5.69 Å². The summed E-state index contributed by atoms with van der Waals surface area (Å²) in [5.74, 6) is -0.878. The van der Waals surface area contributed by atoms with Crippen molar-refractivity contribution in [2.24, 2.45) is 0 Å². The summed E-state index contributed by atoms with van der Waals surface area (Å²) in [6.07, 6.45) is 3.52. The third-order valence-corrected chi connectivity index (χ3v) is 4.41. The highest BCUT2D eigenvalue weighted by Gasteiger charge is 2.32. The number of hydrogen-bond donors (Lipinski definition) is 2. The van der Waals surface area contributed by atoms with Crippen molar-refractivity contribution >= 4 is 23.7 Å². The van der Waals surface area contributed by atoms with Gasteiger partial charge in [-0.1, -0.05) is 6.92 Å². The van der Waals surface area contributed by atoms with Crippen molar-refractivity contribution in [2.75, 3.05) is 18.0 Å². The number of hydrogen-bond acceptors (Lipinski definition) is 4. The summed E-state index contributed by atoms with van der Waals surface area (Å²) < 4.78 is 7.39. The summed E-state index contributed by atoms with van der Waals surface area (Å²) in [5, 5.41) is 10.4. The highest BCUT2D eigenvalue weighted by Crippen LogP contribution is 2.28. The Morgan fingerprint density at radius 2 is 1.76 bits per heavy atom. The molecule has 3 rings (SSSR count). The van der Waals surface area contributed by atoms with Crippen LogP contribution < -0.4 is 10.2 Å². The fourth-order valence-electron chi connectivity index (χ4n) is 3.08. The van der Waals surface area contributed by atoms with Crippen LogP contribution >= 0.6 is 0 Å². The van der Waals surface area contributed by atoms with E-state index in [4.69, 9.17) is 9.84 Å². The first kappa shape index (κ1) is 22.0. The number of carboxylic acids is 1. The average Bonchev–Trinajstić information content (AvgIpc) is 3.29. The average molecular weight is 401 g/mol. The van der Waals surface area contributed by atoms with Crippen LogP contribution in [0.2, 0.25) is 0 Å². The van der Waals surface area contributed by atoms with E-state index in [2.05, 4.69) is 9.88 Å². The second-order valence-corrected chi connectivity index (χ2v) is 6.82. The van der Waals surface area contributed by atoms with Gasteiger partial charge in [0.25, 0.3) is 0 Å². The lowest BCUT2D eigenvalue weighted by molar-refractivity contribution is -0.136. The van der Waals surface area contributed by atoms with Crippen molar-refractivity contribution in [2.45, 2.75) is 40.2 Å². The fraction of sp³-hybridized carbons (Fsp3) is 0.381. The molecule has 0 aliphatic carbocycles. The molecule has 2 N–H and O–H groups in total. The number of carbonyl (C=O) groups excluding carboxylic acids is 2. The minimum Gasteiger partial charge on any atom is -0.481 e. The first-order chi connectivity index (χ1) is 13.7. The molecule has 8 nitrogen and oxygen atoms in total. The lowest BCUT2D eigenvalue weighted by atomic mass is 10.1. The van der Waals surface area contributed by atoms with Gasteiger partial charge in [-0.3, -0.25) is 14.5 Å². The summed E-state index contributed by atoms with van der Waals surface area (Å²) in [7, 11) is 0. The van der Waals surface area contributed by atoms with Crippen LogP contribution in [0.5, 0.6) is 0 Å². The molecule has 0 saturated carbocycles. The standard InChI is InChI=1S/C18H21N3O3.C3H6O2/c1-12-8-15(9-13(2)17(12)20-6-4-5-7-20)21-11-16(24-18(21)23)10-19-14(3)22;1-2-3(4)5/h4-9,16H,10-11H2,1-3H3,(H,19,22);2H2,1H3,(H,4,5)/t16-;/m0./s1. The van der Waals surface area contributed by atoms with Crippen LogP contribution in [0.3, 0.4) is 0 Å². The Hall–Kier alpha value is -3.29. The number of carboxylic acid groups (broad SMARTS) is 1. The van der Waals surface area contributed by atoms with E-state index in [1.807, 2.05) is 50.5 Å². The number of anilines is 1. The van der Waals surface area contributed by atoms with Gasteiger partial charge in [0.1, 0.15) is 6.10 Å². The Morgan fingerprint density at radius 3 is 2.24 bits per heavy atom. The van der Waals surface area contributed by atoms with Gasteiger partial charge in [-0.15, -0.1) is 0 Å². The second-order valence-electron chi connectivity index (χ2n) is 6.82. The highest BCUT2D eigenvalue weighted by atomic mass is 16.6. The molecule has 0 bridgehead atoms. The maximum absolute atomic E-state index is 12.2. The first-order valence-corrected chi connectivity index (χ1v) is 9.41.